The highest BCUT2D eigenvalue weighted by Crippen LogP contribution is 2.27. The van der Waals surface area contributed by atoms with E-state index in [1.54, 1.807) is 25.3 Å². The first-order valence-electron chi connectivity index (χ1n) is 8.09. The summed E-state index contributed by atoms with van der Waals surface area (Å²) in [5, 5.41) is 8.06. The molecule has 3 rings (SSSR count). The second-order valence-corrected chi connectivity index (χ2v) is 5.76. The summed E-state index contributed by atoms with van der Waals surface area (Å²) in [5.74, 6) is 0.732. The minimum Gasteiger partial charge on any atom is -0.493 e. The average Bonchev–Trinajstić information content (AvgIpc) is 3.01. The number of hydrazone groups is 1. The van der Waals surface area contributed by atoms with E-state index in [2.05, 4.69) is 10.4 Å². The molecule has 0 aliphatic carbocycles. The van der Waals surface area contributed by atoms with Gasteiger partial charge in [-0.2, -0.15) is 10.1 Å². The third kappa shape index (κ3) is 4.00. The zero-order chi connectivity index (χ0) is 18.5. The number of ether oxygens (including phenoxy) is 2. The van der Waals surface area contributed by atoms with Gasteiger partial charge in [0.05, 0.1) is 19.2 Å². The maximum absolute atomic E-state index is 12.1. The van der Waals surface area contributed by atoms with Crippen LogP contribution in [0, 0.1) is 6.92 Å². The van der Waals surface area contributed by atoms with Crippen LogP contribution in [-0.4, -0.2) is 31.4 Å². The van der Waals surface area contributed by atoms with Crippen molar-refractivity contribution in [3.63, 3.8) is 0 Å². The van der Waals surface area contributed by atoms with Crippen molar-refractivity contribution in [2.75, 3.05) is 18.7 Å². The number of para-hydroxylation sites is 1. The molecule has 0 radical (unpaired) electrons. The largest absolute Gasteiger partial charge is 0.493 e. The first kappa shape index (κ1) is 17.5. The molecule has 0 bridgehead atoms. The summed E-state index contributed by atoms with van der Waals surface area (Å²) in [6, 6.07) is 14.5. The molecule has 7 nitrogen and oxygen atoms in total. The Morgan fingerprint density at radius 2 is 1.96 bits per heavy atom. The van der Waals surface area contributed by atoms with Crippen LogP contribution in [0.1, 0.15) is 12.0 Å². The number of amidine groups is 1. The second-order valence-electron chi connectivity index (χ2n) is 5.76. The van der Waals surface area contributed by atoms with Gasteiger partial charge in [0.25, 0.3) is 11.8 Å². The van der Waals surface area contributed by atoms with Crippen LogP contribution >= 0.6 is 0 Å². The second kappa shape index (κ2) is 7.69. The Labute approximate surface area is 151 Å². The van der Waals surface area contributed by atoms with Crippen molar-refractivity contribution in [1.29, 1.82) is 0 Å². The molecule has 0 spiro atoms. The van der Waals surface area contributed by atoms with Gasteiger partial charge in [0.1, 0.15) is 5.84 Å². The summed E-state index contributed by atoms with van der Waals surface area (Å²) >= 11 is 0. The fourth-order valence-corrected chi connectivity index (χ4v) is 2.50. The highest BCUT2D eigenvalue weighted by molar-refractivity contribution is 6.15. The molecule has 0 aromatic heterocycles. The topological polar surface area (TPSA) is 80.2 Å². The van der Waals surface area contributed by atoms with Crippen LogP contribution in [0.2, 0.25) is 0 Å². The van der Waals surface area contributed by atoms with E-state index in [1.807, 2.05) is 37.3 Å². The summed E-state index contributed by atoms with van der Waals surface area (Å²) in [4.78, 5) is 24.2. The third-order valence-corrected chi connectivity index (χ3v) is 3.74. The molecule has 2 amide bonds. The highest BCUT2D eigenvalue weighted by atomic mass is 16.5. The van der Waals surface area contributed by atoms with Gasteiger partial charge in [-0.1, -0.05) is 24.3 Å². The molecule has 7 heteroatoms. The predicted molar refractivity (Wildman–Crippen MR) is 97.3 cm³/mol. The van der Waals surface area contributed by atoms with E-state index in [0.29, 0.717) is 23.0 Å². The molecule has 0 atom stereocenters. The molecular weight excluding hydrogens is 334 g/mol. The number of nitrogens with one attached hydrogen (secondary N) is 1. The Hall–Kier alpha value is -3.35. The van der Waals surface area contributed by atoms with E-state index >= 15 is 0 Å². The monoisotopic (exact) mass is 353 g/mol. The van der Waals surface area contributed by atoms with Crippen molar-refractivity contribution in [3.8, 4) is 11.5 Å². The molecule has 1 aliphatic heterocycles. The van der Waals surface area contributed by atoms with E-state index in [9.17, 15) is 9.59 Å². The quantitative estimate of drug-likeness (QED) is 0.894. The van der Waals surface area contributed by atoms with Gasteiger partial charge in [0, 0.05) is 0 Å². The number of hydrogen-bond donors (Lipinski definition) is 1. The Kier molecular flexibility index (Phi) is 5.17. The maximum atomic E-state index is 12.1. The van der Waals surface area contributed by atoms with E-state index in [-0.39, 0.29) is 18.9 Å². The van der Waals surface area contributed by atoms with Gasteiger partial charge in [-0.15, -0.1) is 0 Å². The van der Waals surface area contributed by atoms with Crippen LogP contribution in [0.5, 0.6) is 11.5 Å². The van der Waals surface area contributed by atoms with Crippen molar-refractivity contribution in [3.05, 3.63) is 54.1 Å². The van der Waals surface area contributed by atoms with Crippen molar-refractivity contribution < 1.29 is 19.1 Å². The van der Waals surface area contributed by atoms with Gasteiger partial charge >= 0.3 is 0 Å². The van der Waals surface area contributed by atoms with Gasteiger partial charge in [0.2, 0.25) is 0 Å². The summed E-state index contributed by atoms with van der Waals surface area (Å²) in [5.41, 5.74) is 1.68. The number of amides is 2. The van der Waals surface area contributed by atoms with Crippen LogP contribution < -0.4 is 19.8 Å². The van der Waals surface area contributed by atoms with E-state index in [4.69, 9.17) is 9.47 Å². The van der Waals surface area contributed by atoms with Gasteiger partial charge in [-0.05, 0) is 36.8 Å². The fraction of sp³-hybridized carbons (Fsp3) is 0.211. The number of carbonyl (C=O) groups excluding carboxylic acids is 2. The molecule has 26 heavy (non-hydrogen) atoms. The summed E-state index contributed by atoms with van der Waals surface area (Å²) in [7, 11) is 1.54. The zero-order valence-electron chi connectivity index (χ0n) is 14.6. The molecule has 2 aromatic carbocycles. The summed E-state index contributed by atoms with van der Waals surface area (Å²) < 4.78 is 10.7. The lowest BCUT2D eigenvalue weighted by Crippen LogP contribution is -2.33. The molecule has 1 aliphatic rings. The first-order chi connectivity index (χ1) is 12.6. The summed E-state index contributed by atoms with van der Waals surface area (Å²) in [6.07, 6.45) is 0.0362. The highest BCUT2D eigenvalue weighted by Gasteiger charge is 2.26. The van der Waals surface area contributed by atoms with E-state index < -0.39 is 5.91 Å². The number of nitrogens with zero attached hydrogens (tertiary/aromatic N) is 2. The first-order valence-corrected chi connectivity index (χ1v) is 8.09. The van der Waals surface area contributed by atoms with Crippen LogP contribution in [0.4, 0.5) is 5.69 Å². The molecule has 0 fully saturated rings. The van der Waals surface area contributed by atoms with Crippen LogP contribution in [-0.2, 0) is 9.59 Å². The van der Waals surface area contributed by atoms with Gasteiger partial charge in [-0.3, -0.25) is 9.59 Å². The minimum absolute atomic E-state index is 0.0362. The van der Waals surface area contributed by atoms with E-state index in [1.165, 1.54) is 5.01 Å². The number of carbonyl (C=O) groups is 2. The lowest BCUT2D eigenvalue weighted by atomic mass is 10.2. The van der Waals surface area contributed by atoms with Crippen molar-refractivity contribution >= 4 is 23.3 Å². The molecule has 1 N–H and O–H groups in total. The average molecular weight is 353 g/mol. The SMILES string of the molecule is COc1cc(C)ccc1OCC(=O)NC1=NN(c2ccccc2)C(=O)C1. The molecule has 0 saturated heterocycles. The molecule has 0 unspecified atom stereocenters. The van der Waals surface area contributed by atoms with Gasteiger partial charge in [0.15, 0.2) is 18.1 Å². The lowest BCUT2D eigenvalue weighted by Gasteiger charge is -2.11. The van der Waals surface area contributed by atoms with Crippen LogP contribution in [0.15, 0.2) is 53.6 Å². The number of benzene rings is 2. The van der Waals surface area contributed by atoms with Gasteiger partial charge in [-0.25, -0.2) is 0 Å². The van der Waals surface area contributed by atoms with Crippen molar-refractivity contribution in [2.24, 2.45) is 5.10 Å². The number of anilines is 1. The van der Waals surface area contributed by atoms with Crippen LogP contribution in [0.25, 0.3) is 0 Å². The van der Waals surface area contributed by atoms with Crippen molar-refractivity contribution in [1.82, 2.24) is 5.32 Å². The van der Waals surface area contributed by atoms with Gasteiger partial charge < -0.3 is 14.8 Å². The van der Waals surface area contributed by atoms with Crippen molar-refractivity contribution in [2.45, 2.75) is 13.3 Å². The molecule has 1 heterocycles. The molecule has 2 aromatic rings. The molecule has 0 saturated carbocycles. The number of hydrogen-bond acceptors (Lipinski definition) is 5. The lowest BCUT2D eigenvalue weighted by molar-refractivity contribution is -0.121. The Morgan fingerprint density at radius 1 is 1.19 bits per heavy atom. The summed E-state index contributed by atoms with van der Waals surface area (Å²) in [6.45, 7) is 1.73. The number of aryl methyl sites for hydroxylation is 1. The maximum Gasteiger partial charge on any atom is 0.263 e. The van der Waals surface area contributed by atoms with Crippen LogP contribution in [0.3, 0.4) is 0 Å². The fourth-order valence-electron chi connectivity index (χ4n) is 2.50. The number of rotatable bonds is 5. The minimum atomic E-state index is -0.394. The molecule has 134 valence electrons. The standard InChI is InChI=1S/C19H19N3O4/c1-13-8-9-15(16(10-13)25-2)26-12-18(23)20-17-11-19(24)22(21-17)14-6-4-3-5-7-14/h3-10H,11-12H2,1-2H3,(H,20,21,23). The smallest absolute Gasteiger partial charge is 0.263 e. The Morgan fingerprint density at radius 3 is 2.69 bits per heavy atom. The zero-order valence-corrected chi connectivity index (χ0v) is 14.6. The Bertz CT molecular complexity index is 849. The normalized spacial score (nSPS) is 13.4. The third-order valence-electron chi connectivity index (χ3n) is 3.74. The molecular formula is C19H19N3O4. The predicted octanol–water partition coefficient (Wildman–Crippen LogP) is 2.25. The van der Waals surface area contributed by atoms with E-state index in [0.717, 1.165) is 5.56 Å². The number of methoxy groups -OCH3 is 1. The Balaban J connectivity index is 1.60.